The van der Waals surface area contributed by atoms with E-state index in [9.17, 15) is 13.2 Å². The second-order valence-electron chi connectivity index (χ2n) is 4.97. The average molecular weight is 294 g/mol. The molecule has 1 aliphatic rings. The van der Waals surface area contributed by atoms with Gasteiger partial charge in [0.25, 0.3) is 0 Å². The van der Waals surface area contributed by atoms with Gasteiger partial charge in [0.15, 0.2) is 0 Å². The lowest BCUT2D eigenvalue weighted by Gasteiger charge is -2.15. The monoisotopic (exact) mass is 294 g/mol. The van der Waals surface area contributed by atoms with Gasteiger partial charge in [0, 0.05) is 11.7 Å². The van der Waals surface area contributed by atoms with E-state index in [1.54, 1.807) is 26.0 Å². The van der Waals surface area contributed by atoms with Crippen LogP contribution in [-0.4, -0.2) is 20.4 Å². The molecule has 1 amide bonds. The summed E-state index contributed by atoms with van der Waals surface area (Å²) in [4.78, 5) is 11.6. The lowest BCUT2D eigenvalue weighted by Crippen LogP contribution is -2.27. The first-order valence-corrected chi connectivity index (χ1v) is 7.89. The topological polar surface area (TPSA) is 75.3 Å². The molecule has 0 radical (unpaired) electrons. The molecular formula is C14H18N2O3S. The van der Waals surface area contributed by atoms with E-state index in [0.29, 0.717) is 16.8 Å². The third kappa shape index (κ3) is 3.08. The first-order valence-electron chi connectivity index (χ1n) is 6.41. The fraction of sp³-hybridized carbons (Fsp3) is 0.357. The molecule has 6 heteroatoms. The van der Waals surface area contributed by atoms with Crippen LogP contribution >= 0.6 is 0 Å². The maximum atomic E-state index is 12.4. The van der Waals surface area contributed by atoms with Crippen LogP contribution in [0.25, 0.3) is 0 Å². The summed E-state index contributed by atoms with van der Waals surface area (Å²) in [5.41, 5.74) is 1.68. The van der Waals surface area contributed by atoms with Crippen molar-refractivity contribution >= 4 is 21.6 Å². The molecule has 0 heterocycles. The molecule has 1 aliphatic carbocycles. The molecule has 0 aliphatic heterocycles. The number of amides is 1. The largest absolute Gasteiger partial charge is 0.322 e. The van der Waals surface area contributed by atoms with Gasteiger partial charge in [-0.1, -0.05) is 12.6 Å². The van der Waals surface area contributed by atoms with Crippen molar-refractivity contribution in [3.63, 3.8) is 0 Å². The van der Waals surface area contributed by atoms with Crippen molar-refractivity contribution in [3.05, 3.63) is 35.9 Å². The van der Waals surface area contributed by atoms with Crippen molar-refractivity contribution in [2.24, 2.45) is 0 Å². The highest BCUT2D eigenvalue weighted by molar-refractivity contribution is 7.89. The van der Waals surface area contributed by atoms with Crippen molar-refractivity contribution in [3.8, 4) is 0 Å². The molecule has 2 rings (SSSR count). The number of hydrogen-bond acceptors (Lipinski definition) is 3. The molecule has 1 fully saturated rings. The molecular weight excluding hydrogens is 276 g/mol. The Hall–Kier alpha value is -1.66. The van der Waals surface area contributed by atoms with Gasteiger partial charge in [-0.25, -0.2) is 13.1 Å². The molecule has 108 valence electrons. The van der Waals surface area contributed by atoms with Crippen LogP contribution in [0.5, 0.6) is 0 Å². The minimum atomic E-state index is -3.55. The second-order valence-corrected chi connectivity index (χ2v) is 6.62. The Morgan fingerprint density at radius 2 is 2.00 bits per heavy atom. The number of carbonyl (C=O) groups excluding carboxylic acids is 1. The number of benzene rings is 1. The van der Waals surface area contributed by atoms with Crippen molar-refractivity contribution in [1.29, 1.82) is 0 Å². The highest BCUT2D eigenvalue weighted by atomic mass is 32.2. The van der Waals surface area contributed by atoms with Gasteiger partial charge < -0.3 is 5.32 Å². The number of hydrogen-bond donors (Lipinski definition) is 2. The van der Waals surface area contributed by atoms with Gasteiger partial charge >= 0.3 is 0 Å². The predicted molar refractivity (Wildman–Crippen MR) is 78.1 cm³/mol. The van der Waals surface area contributed by atoms with Crippen molar-refractivity contribution in [2.45, 2.75) is 37.6 Å². The number of aryl methyl sites for hydroxylation is 1. The first kappa shape index (κ1) is 14.7. The van der Waals surface area contributed by atoms with Gasteiger partial charge in [-0.3, -0.25) is 4.79 Å². The van der Waals surface area contributed by atoms with E-state index in [-0.39, 0.29) is 16.8 Å². The molecule has 0 saturated heterocycles. The quantitative estimate of drug-likeness (QED) is 0.814. The van der Waals surface area contributed by atoms with Gasteiger partial charge in [0.05, 0.1) is 4.90 Å². The summed E-state index contributed by atoms with van der Waals surface area (Å²) in [6.07, 6.45) is 2.91. The molecule has 0 atom stereocenters. The van der Waals surface area contributed by atoms with Gasteiger partial charge in [-0.05, 0) is 50.0 Å². The van der Waals surface area contributed by atoms with E-state index in [1.807, 2.05) is 0 Å². The van der Waals surface area contributed by atoms with Crippen LogP contribution in [0.3, 0.4) is 0 Å². The van der Waals surface area contributed by atoms with Gasteiger partial charge in [-0.15, -0.1) is 0 Å². The molecule has 1 saturated carbocycles. The van der Waals surface area contributed by atoms with Gasteiger partial charge in [-0.2, -0.15) is 0 Å². The number of sulfonamides is 1. The maximum Gasteiger partial charge on any atom is 0.247 e. The van der Waals surface area contributed by atoms with Crippen LogP contribution < -0.4 is 10.0 Å². The fourth-order valence-electron chi connectivity index (χ4n) is 2.04. The van der Waals surface area contributed by atoms with Crippen LogP contribution in [0.1, 0.15) is 24.0 Å². The van der Waals surface area contributed by atoms with Crippen LogP contribution in [0.15, 0.2) is 29.7 Å². The van der Waals surface area contributed by atoms with E-state index in [4.69, 9.17) is 0 Å². The van der Waals surface area contributed by atoms with Crippen LogP contribution in [0, 0.1) is 13.8 Å². The molecule has 20 heavy (non-hydrogen) atoms. The Bertz CT molecular complexity index is 661. The molecule has 2 N–H and O–H groups in total. The lowest BCUT2D eigenvalue weighted by atomic mass is 10.1. The SMILES string of the molecule is C=CC(=O)Nc1ccc(C)c(S(=O)(=O)NC2CC2)c1C. The second kappa shape index (κ2) is 5.38. The number of rotatable bonds is 5. The van der Waals surface area contributed by atoms with Gasteiger partial charge in [0.2, 0.25) is 15.9 Å². The number of nitrogens with one attached hydrogen (secondary N) is 2. The minimum Gasteiger partial charge on any atom is -0.322 e. The minimum absolute atomic E-state index is 0.0465. The molecule has 1 aromatic carbocycles. The smallest absolute Gasteiger partial charge is 0.247 e. The summed E-state index contributed by atoms with van der Waals surface area (Å²) >= 11 is 0. The van der Waals surface area contributed by atoms with E-state index >= 15 is 0 Å². The Morgan fingerprint density at radius 1 is 1.35 bits per heavy atom. The number of anilines is 1. The van der Waals surface area contributed by atoms with Crippen LogP contribution in [0.2, 0.25) is 0 Å². The van der Waals surface area contributed by atoms with E-state index in [2.05, 4.69) is 16.6 Å². The Balaban J connectivity index is 2.43. The molecule has 0 bridgehead atoms. The Labute approximate surface area is 119 Å². The fourth-order valence-corrected chi connectivity index (χ4v) is 3.84. The summed E-state index contributed by atoms with van der Waals surface area (Å²) < 4.78 is 27.4. The van der Waals surface area contributed by atoms with E-state index in [0.717, 1.165) is 18.9 Å². The van der Waals surface area contributed by atoms with Crippen molar-refractivity contribution in [1.82, 2.24) is 4.72 Å². The molecule has 0 spiro atoms. The molecule has 0 unspecified atom stereocenters. The third-order valence-electron chi connectivity index (χ3n) is 3.21. The molecule has 1 aromatic rings. The standard InChI is InChI=1S/C14H18N2O3S/c1-4-13(17)15-12-8-5-9(2)14(10(12)3)20(18,19)16-11-6-7-11/h4-5,8,11,16H,1,6-7H2,2-3H3,(H,15,17). The van der Waals surface area contributed by atoms with Gasteiger partial charge in [0.1, 0.15) is 0 Å². The zero-order valence-corrected chi connectivity index (χ0v) is 12.4. The summed E-state index contributed by atoms with van der Waals surface area (Å²) in [7, 11) is -3.55. The Kier molecular flexibility index (Phi) is 3.96. The van der Waals surface area contributed by atoms with Crippen LogP contribution in [-0.2, 0) is 14.8 Å². The van der Waals surface area contributed by atoms with E-state index in [1.165, 1.54) is 0 Å². The van der Waals surface area contributed by atoms with Crippen molar-refractivity contribution in [2.75, 3.05) is 5.32 Å². The number of carbonyl (C=O) groups is 1. The maximum absolute atomic E-state index is 12.4. The third-order valence-corrected chi connectivity index (χ3v) is 5.02. The highest BCUT2D eigenvalue weighted by Gasteiger charge is 2.30. The van der Waals surface area contributed by atoms with E-state index < -0.39 is 10.0 Å². The van der Waals surface area contributed by atoms with Crippen molar-refractivity contribution < 1.29 is 13.2 Å². The first-order chi connectivity index (χ1) is 9.35. The normalized spacial score (nSPS) is 14.9. The lowest BCUT2D eigenvalue weighted by molar-refractivity contribution is -0.111. The zero-order valence-electron chi connectivity index (χ0n) is 11.6. The van der Waals surface area contributed by atoms with Crippen LogP contribution in [0.4, 0.5) is 5.69 Å². The molecule has 5 nitrogen and oxygen atoms in total. The zero-order chi connectivity index (χ0) is 14.9. The highest BCUT2D eigenvalue weighted by Crippen LogP contribution is 2.29. The summed E-state index contributed by atoms with van der Waals surface area (Å²) in [5.74, 6) is -0.365. The Morgan fingerprint density at radius 3 is 2.55 bits per heavy atom. The predicted octanol–water partition coefficient (Wildman–Crippen LogP) is 1.87. The summed E-state index contributed by atoms with van der Waals surface area (Å²) in [6.45, 7) is 6.81. The summed E-state index contributed by atoms with van der Waals surface area (Å²) in [5, 5.41) is 2.62. The average Bonchev–Trinajstić information content (AvgIpc) is 3.15. The molecule has 0 aromatic heterocycles. The summed E-state index contributed by atoms with van der Waals surface area (Å²) in [6, 6.07) is 3.43.